The standard InChI is InChI=1S/C28H23N2O/c1-17-13-19(3)30(5)24(14-17)26-18(2)15-23(20-9-7-6-8-10-20)27-22-12-11-21(29-4)16-25(22)31-28(26)27/h6-16H,1-3,5H3/q+1. The van der Waals surface area contributed by atoms with Crippen LogP contribution >= 0.6 is 0 Å². The van der Waals surface area contributed by atoms with Gasteiger partial charge in [-0.2, -0.15) is 4.57 Å². The molecule has 5 rings (SSSR count). The van der Waals surface area contributed by atoms with Crippen molar-refractivity contribution in [1.29, 1.82) is 0 Å². The van der Waals surface area contributed by atoms with E-state index in [0.717, 1.165) is 49.9 Å². The molecule has 2 aromatic heterocycles. The highest BCUT2D eigenvalue weighted by Crippen LogP contribution is 2.43. The van der Waals surface area contributed by atoms with Crippen LogP contribution < -0.4 is 4.57 Å². The summed E-state index contributed by atoms with van der Waals surface area (Å²) in [7, 11) is 2.10. The quantitative estimate of drug-likeness (QED) is 0.225. The molecule has 2 heterocycles. The number of hydrogen-bond acceptors (Lipinski definition) is 1. The van der Waals surface area contributed by atoms with Crippen LogP contribution in [-0.4, -0.2) is 0 Å². The first-order valence-electron chi connectivity index (χ1n) is 10.4. The van der Waals surface area contributed by atoms with Gasteiger partial charge >= 0.3 is 0 Å². The van der Waals surface area contributed by atoms with Gasteiger partial charge in [-0.1, -0.05) is 42.5 Å². The molecular weight excluding hydrogens is 380 g/mol. The number of fused-ring (bicyclic) bond motifs is 3. The van der Waals surface area contributed by atoms with Crippen LogP contribution in [0.15, 0.2) is 71.1 Å². The highest BCUT2D eigenvalue weighted by Gasteiger charge is 2.24. The summed E-state index contributed by atoms with van der Waals surface area (Å²) in [6, 6.07) is 22.8. The summed E-state index contributed by atoms with van der Waals surface area (Å²) < 4.78 is 8.72. The predicted molar refractivity (Wildman–Crippen MR) is 126 cm³/mol. The maximum atomic E-state index is 7.40. The van der Waals surface area contributed by atoms with E-state index in [-0.39, 0.29) is 0 Å². The van der Waals surface area contributed by atoms with Crippen molar-refractivity contribution in [2.75, 3.05) is 0 Å². The number of nitrogens with zero attached hydrogens (tertiary/aromatic N) is 2. The van der Waals surface area contributed by atoms with Crippen LogP contribution in [0.1, 0.15) is 16.8 Å². The molecule has 0 aliphatic heterocycles. The molecule has 3 nitrogen and oxygen atoms in total. The van der Waals surface area contributed by atoms with E-state index in [0.29, 0.717) is 5.69 Å². The second-order valence-corrected chi connectivity index (χ2v) is 8.20. The van der Waals surface area contributed by atoms with Crippen LogP contribution in [0.4, 0.5) is 5.69 Å². The summed E-state index contributed by atoms with van der Waals surface area (Å²) in [5, 5.41) is 2.13. The van der Waals surface area contributed by atoms with Crippen molar-refractivity contribution in [3.8, 4) is 22.4 Å². The zero-order valence-corrected chi connectivity index (χ0v) is 18.2. The van der Waals surface area contributed by atoms with Gasteiger partial charge < -0.3 is 4.42 Å². The summed E-state index contributed by atoms with van der Waals surface area (Å²) in [4.78, 5) is 3.59. The number of aromatic nitrogens is 1. The summed E-state index contributed by atoms with van der Waals surface area (Å²) in [5.74, 6) is 0. The maximum Gasteiger partial charge on any atom is 0.216 e. The Morgan fingerprint density at radius 2 is 1.68 bits per heavy atom. The molecule has 5 aromatic rings. The topological polar surface area (TPSA) is 21.4 Å². The molecular formula is C28H23N2O+. The third-order valence-electron chi connectivity index (χ3n) is 6.09. The highest BCUT2D eigenvalue weighted by atomic mass is 16.3. The second-order valence-electron chi connectivity index (χ2n) is 8.20. The number of furan rings is 1. The first-order valence-corrected chi connectivity index (χ1v) is 10.4. The average molecular weight is 404 g/mol. The van der Waals surface area contributed by atoms with Crippen molar-refractivity contribution in [3.63, 3.8) is 0 Å². The third kappa shape index (κ3) is 3.00. The minimum atomic E-state index is 0.586. The molecule has 0 N–H and O–H groups in total. The summed E-state index contributed by atoms with van der Waals surface area (Å²) in [6.07, 6.45) is 0. The monoisotopic (exact) mass is 403 g/mol. The lowest BCUT2D eigenvalue weighted by Gasteiger charge is -2.12. The molecule has 0 saturated heterocycles. The van der Waals surface area contributed by atoms with Crippen LogP contribution in [0.2, 0.25) is 0 Å². The summed E-state index contributed by atoms with van der Waals surface area (Å²) in [5.41, 5.74) is 10.3. The van der Waals surface area contributed by atoms with Crippen LogP contribution in [0, 0.1) is 27.3 Å². The van der Waals surface area contributed by atoms with E-state index in [1.807, 2.05) is 24.3 Å². The Morgan fingerprint density at radius 3 is 2.42 bits per heavy atom. The number of benzene rings is 3. The number of pyridine rings is 1. The van der Waals surface area contributed by atoms with E-state index in [1.54, 1.807) is 0 Å². The van der Waals surface area contributed by atoms with E-state index in [4.69, 9.17) is 11.0 Å². The van der Waals surface area contributed by atoms with Gasteiger partial charge in [-0.3, -0.25) is 0 Å². The van der Waals surface area contributed by atoms with E-state index in [2.05, 4.69) is 79.7 Å². The molecule has 0 atom stereocenters. The Balaban J connectivity index is 1.98. The number of rotatable bonds is 2. The van der Waals surface area contributed by atoms with Crippen molar-refractivity contribution in [3.05, 3.63) is 95.0 Å². The highest BCUT2D eigenvalue weighted by molar-refractivity contribution is 6.17. The predicted octanol–water partition coefficient (Wildman–Crippen LogP) is 7.22. The van der Waals surface area contributed by atoms with Gasteiger partial charge in [0.2, 0.25) is 5.69 Å². The molecule has 0 radical (unpaired) electrons. The lowest BCUT2D eigenvalue weighted by atomic mass is 9.92. The van der Waals surface area contributed by atoms with Gasteiger partial charge in [0.05, 0.1) is 12.1 Å². The lowest BCUT2D eigenvalue weighted by Crippen LogP contribution is -2.35. The molecule has 0 aliphatic rings. The van der Waals surface area contributed by atoms with Gasteiger partial charge in [-0.05, 0) is 48.2 Å². The molecule has 150 valence electrons. The zero-order chi connectivity index (χ0) is 21.7. The maximum absolute atomic E-state index is 7.40. The minimum absolute atomic E-state index is 0.586. The fourth-order valence-electron chi connectivity index (χ4n) is 4.51. The van der Waals surface area contributed by atoms with Crippen molar-refractivity contribution >= 4 is 27.6 Å². The van der Waals surface area contributed by atoms with Crippen LogP contribution in [-0.2, 0) is 7.05 Å². The summed E-state index contributed by atoms with van der Waals surface area (Å²) in [6.45, 7) is 13.8. The van der Waals surface area contributed by atoms with Gasteiger partial charge in [-0.15, -0.1) is 0 Å². The molecule has 3 heteroatoms. The molecule has 0 unspecified atom stereocenters. The Labute approximate surface area is 182 Å². The molecule has 0 fully saturated rings. The SMILES string of the molecule is [C-]#[N+]c1ccc2c(c1)oc1c(-c3cc(C)cc(C)[n+]3C)c(C)cc(-c3ccccc3)c12. The third-order valence-corrected chi connectivity index (χ3v) is 6.09. The molecule has 0 aliphatic carbocycles. The zero-order valence-electron chi connectivity index (χ0n) is 18.2. The van der Waals surface area contributed by atoms with Crippen LogP contribution in [0.3, 0.4) is 0 Å². The van der Waals surface area contributed by atoms with E-state index >= 15 is 0 Å². The Morgan fingerprint density at radius 1 is 0.903 bits per heavy atom. The Bertz CT molecular complexity index is 1520. The molecule has 0 bridgehead atoms. The fourth-order valence-corrected chi connectivity index (χ4v) is 4.51. The minimum Gasteiger partial charge on any atom is -0.456 e. The van der Waals surface area contributed by atoms with Gasteiger partial charge in [0.15, 0.2) is 11.4 Å². The van der Waals surface area contributed by atoms with Gasteiger partial charge in [0.1, 0.15) is 18.2 Å². The van der Waals surface area contributed by atoms with Crippen molar-refractivity contribution in [2.45, 2.75) is 20.8 Å². The molecule has 0 saturated carbocycles. The van der Waals surface area contributed by atoms with E-state index in [1.165, 1.54) is 11.3 Å². The van der Waals surface area contributed by atoms with E-state index in [9.17, 15) is 0 Å². The fraction of sp³-hybridized carbons (Fsp3) is 0.143. The lowest BCUT2D eigenvalue weighted by molar-refractivity contribution is -0.666. The van der Waals surface area contributed by atoms with Crippen LogP contribution in [0.25, 0.3) is 49.2 Å². The first-order chi connectivity index (χ1) is 15.0. The number of hydrogen-bond donors (Lipinski definition) is 0. The van der Waals surface area contributed by atoms with E-state index < -0.39 is 0 Å². The van der Waals surface area contributed by atoms with Gasteiger partial charge in [0, 0.05) is 29.8 Å². The molecule has 0 amide bonds. The normalized spacial score (nSPS) is 11.2. The Hall–Kier alpha value is -3.90. The molecule has 0 spiro atoms. The van der Waals surface area contributed by atoms with Crippen LogP contribution in [0.5, 0.6) is 0 Å². The van der Waals surface area contributed by atoms with Gasteiger partial charge in [0.25, 0.3) is 0 Å². The average Bonchev–Trinajstić information content (AvgIpc) is 3.14. The largest absolute Gasteiger partial charge is 0.456 e. The van der Waals surface area contributed by atoms with Crippen molar-refractivity contribution in [1.82, 2.24) is 0 Å². The number of aryl methyl sites for hydroxylation is 3. The summed E-state index contributed by atoms with van der Waals surface area (Å²) >= 11 is 0. The Kier molecular flexibility index (Phi) is 4.38. The first kappa shape index (κ1) is 19.1. The molecule has 3 aromatic carbocycles. The second kappa shape index (κ2) is 7.11. The molecule has 31 heavy (non-hydrogen) atoms. The van der Waals surface area contributed by atoms with Gasteiger partial charge in [-0.25, -0.2) is 4.85 Å². The smallest absolute Gasteiger partial charge is 0.216 e. The van der Waals surface area contributed by atoms with Crippen molar-refractivity contribution < 1.29 is 8.98 Å². The van der Waals surface area contributed by atoms with Crippen molar-refractivity contribution in [2.24, 2.45) is 7.05 Å².